The number of carbonyl (C=O) groups is 2. The van der Waals surface area contributed by atoms with Gasteiger partial charge in [-0.05, 0) is 43.7 Å². The smallest absolute Gasteiger partial charge is 0.240 e. The summed E-state index contributed by atoms with van der Waals surface area (Å²) in [5, 5.41) is 2.97. The molecule has 1 atom stereocenters. The van der Waals surface area contributed by atoms with Crippen molar-refractivity contribution in [1.29, 1.82) is 0 Å². The number of nitrogens with one attached hydrogen (secondary N) is 1. The fraction of sp³-hybridized carbons (Fsp3) is 0.333. The Kier molecular flexibility index (Phi) is 6.02. The predicted octanol–water partition coefficient (Wildman–Crippen LogP) is 3.00. The third kappa shape index (κ3) is 4.70. The minimum absolute atomic E-state index is 0.0322. The lowest BCUT2D eigenvalue weighted by atomic mass is 9.97. The summed E-state index contributed by atoms with van der Waals surface area (Å²) in [4.78, 5) is 28.8. The van der Waals surface area contributed by atoms with Crippen LogP contribution >= 0.6 is 0 Å². The van der Waals surface area contributed by atoms with Gasteiger partial charge in [-0.3, -0.25) is 14.5 Å². The van der Waals surface area contributed by atoms with Crippen LogP contribution in [0.1, 0.15) is 12.8 Å². The van der Waals surface area contributed by atoms with Crippen LogP contribution in [0.2, 0.25) is 0 Å². The second-order valence-electron chi connectivity index (χ2n) is 6.72. The van der Waals surface area contributed by atoms with E-state index >= 15 is 0 Å². The first-order chi connectivity index (χ1) is 12.6. The van der Waals surface area contributed by atoms with Gasteiger partial charge in [0.1, 0.15) is 0 Å². The number of benzene rings is 2. The van der Waals surface area contributed by atoms with Gasteiger partial charge in [0, 0.05) is 25.0 Å². The van der Waals surface area contributed by atoms with Gasteiger partial charge in [-0.15, -0.1) is 0 Å². The molecule has 2 amide bonds. The van der Waals surface area contributed by atoms with E-state index in [2.05, 4.69) is 10.2 Å². The average molecular weight is 351 g/mol. The Labute approximate surface area is 154 Å². The molecule has 5 heteroatoms. The number of likely N-dealkylation sites (tertiary alicyclic amines) is 1. The van der Waals surface area contributed by atoms with Gasteiger partial charge in [0.25, 0.3) is 0 Å². The fourth-order valence-electron chi connectivity index (χ4n) is 3.27. The van der Waals surface area contributed by atoms with Crippen LogP contribution in [-0.2, 0) is 9.59 Å². The van der Waals surface area contributed by atoms with Crippen LogP contribution in [0, 0.1) is 5.92 Å². The first-order valence-electron chi connectivity index (χ1n) is 9.03. The van der Waals surface area contributed by atoms with Gasteiger partial charge < -0.3 is 10.2 Å². The molecule has 5 nitrogen and oxygen atoms in total. The van der Waals surface area contributed by atoms with E-state index in [9.17, 15) is 9.59 Å². The van der Waals surface area contributed by atoms with Gasteiger partial charge >= 0.3 is 0 Å². The molecule has 1 N–H and O–H groups in total. The van der Waals surface area contributed by atoms with Crippen LogP contribution < -0.4 is 10.2 Å². The number of rotatable bonds is 5. The molecule has 0 spiro atoms. The normalized spacial score (nSPS) is 17.5. The molecule has 1 heterocycles. The molecule has 2 aromatic rings. The number of amides is 2. The topological polar surface area (TPSA) is 52.7 Å². The molecular weight excluding hydrogens is 326 g/mol. The van der Waals surface area contributed by atoms with Gasteiger partial charge in [0.05, 0.1) is 12.5 Å². The summed E-state index contributed by atoms with van der Waals surface area (Å²) < 4.78 is 0. The highest BCUT2D eigenvalue weighted by molar-refractivity contribution is 5.95. The summed E-state index contributed by atoms with van der Waals surface area (Å²) in [6.45, 7) is 1.80. The number of hydrogen-bond acceptors (Lipinski definition) is 3. The van der Waals surface area contributed by atoms with Crippen LogP contribution in [0.15, 0.2) is 60.7 Å². The van der Waals surface area contributed by atoms with Crippen molar-refractivity contribution in [3.8, 4) is 0 Å². The van der Waals surface area contributed by atoms with E-state index in [4.69, 9.17) is 0 Å². The molecule has 0 saturated carbocycles. The highest BCUT2D eigenvalue weighted by Crippen LogP contribution is 2.19. The number of nitrogens with zero attached hydrogens (tertiary/aromatic N) is 2. The minimum Gasteiger partial charge on any atom is -0.326 e. The van der Waals surface area contributed by atoms with Gasteiger partial charge in [0.2, 0.25) is 11.8 Å². The summed E-state index contributed by atoms with van der Waals surface area (Å²) in [6, 6.07) is 19.1. The van der Waals surface area contributed by atoms with E-state index in [1.807, 2.05) is 60.7 Å². The predicted molar refractivity (Wildman–Crippen MR) is 104 cm³/mol. The molecule has 0 aromatic heterocycles. The maximum atomic E-state index is 12.6. The molecule has 0 unspecified atom stereocenters. The SMILES string of the molecule is CN(C(=O)CN1CCC[C@@H](C(=O)Nc2ccccc2)C1)c1ccccc1. The standard InChI is InChI=1S/C21H25N3O2/c1-23(19-12-6-3-7-13-19)20(25)16-24-14-8-9-17(15-24)21(26)22-18-10-4-2-5-11-18/h2-7,10-13,17H,8-9,14-16H2,1H3,(H,22,26)/t17-/m1/s1. The number of likely N-dealkylation sites (N-methyl/N-ethyl adjacent to an activating group) is 1. The van der Waals surface area contributed by atoms with Gasteiger partial charge in [-0.1, -0.05) is 36.4 Å². The number of carbonyl (C=O) groups excluding carboxylic acids is 2. The molecule has 3 rings (SSSR count). The minimum atomic E-state index is -0.0845. The van der Waals surface area contributed by atoms with Crippen molar-refractivity contribution in [2.45, 2.75) is 12.8 Å². The highest BCUT2D eigenvalue weighted by Gasteiger charge is 2.27. The zero-order valence-corrected chi connectivity index (χ0v) is 15.1. The first kappa shape index (κ1) is 18.1. The number of anilines is 2. The molecule has 1 aliphatic rings. The van der Waals surface area contributed by atoms with Crippen LogP contribution in [0.25, 0.3) is 0 Å². The quantitative estimate of drug-likeness (QED) is 0.901. The highest BCUT2D eigenvalue weighted by atomic mass is 16.2. The monoisotopic (exact) mass is 351 g/mol. The number of piperidine rings is 1. The number of hydrogen-bond donors (Lipinski definition) is 1. The largest absolute Gasteiger partial charge is 0.326 e. The van der Waals surface area contributed by atoms with E-state index in [0.29, 0.717) is 13.1 Å². The molecule has 26 heavy (non-hydrogen) atoms. The lowest BCUT2D eigenvalue weighted by Crippen LogP contribution is -2.45. The summed E-state index contributed by atoms with van der Waals surface area (Å²) >= 11 is 0. The van der Waals surface area contributed by atoms with Crippen molar-refractivity contribution in [2.24, 2.45) is 5.92 Å². The third-order valence-electron chi connectivity index (χ3n) is 4.79. The molecule has 0 aliphatic carbocycles. The maximum absolute atomic E-state index is 12.6. The summed E-state index contributed by atoms with van der Waals surface area (Å²) in [5.41, 5.74) is 1.70. The Morgan fingerprint density at radius 1 is 1.08 bits per heavy atom. The van der Waals surface area contributed by atoms with Gasteiger partial charge in [-0.25, -0.2) is 0 Å². The molecule has 1 saturated heterocycles. The lowest BCUT2D eigenvalue weighted by Gasteiger charge is -2.32. The second kappa shape index (κ2) is 8.63. The van der Waals surface area contributed by atoms with Crippen molar-refractivity contribution in [1.82, 2.24) is 4.90 Å². The fourth-order valence-corrected chi connectivity index (χ4v) is 3.27. The molecule has 1 fully saturated rings. The number of para-hydroxylation sites is 2. The summed E-state index contributed by atoms with van der Waals surface area (Å²) in [7, 11) is 1.79. The van der Waals surface area contributed by atoms with Crippen molar-refractivity contribution >= 4 is 23.2 Å². The van der Waals surface area contributed by atoms with Crippen molar-refractivity contribution in [3.63, 3.8) is 0 Å². The summed E-state index contributed by atoms with van der Waals surface area (Å²) in [5.74, 6) is -0.0103. The van der Waals surface area contributed by atoms with Crippen LogP contribution in [-0.4, -0.2) is 43.4 Å². The van der Waals surface area contributed by atoms with E-state index in [1.54, 1.807) is 11.9 Å². The van der Waals surface area contributed by atoms with Crippen LogP contribution in [0.4, 0.5) is 11.4 Å². The van der Waals surface area contributed by atoms with E-state index in [1.165, 1.54) is 0 Å². The molecular formula is C21H25N3O2. The molecule has 1 aliphatic heterocycles. The second-order valence-corrected chi connectivity index (χ2v) is 6.72. The van der Waals surface area contributed by atoms with Gasteiger partial charge in [-0.2, -0.15) is 0 Å². The molecule has 2 aromatic carbocycles. The van der Waals surface area contributed by atoms with E-state index in [-0.39, 0.29) is 17.7 Å². The zero-order valence-electron chi connectivity index (χ0n) is 15.1. The third-order valence-corrected chi connectivity index (χ3v) is 4.79. The molecule has 0 bridgehead atoms. The van der Waals surface area contributed by atoms with Crippen molar-refractivity contribution in [2.75, 3.05) is 36.9 Å². The van der Waals surface area contributed by atoms with E-state index < -0.39 is 0 Å². The van der Waals surface area contributed by atoms with Crippen LogP contribution in [0.3, 0.4) is 0 Å². The Morgan fingerprint density at radius 3 is 2.42 bits per heavy atom. The van der Waals surface area contributed by atoms with Gasteiger partial charge in [0.15, 0.2) is 0 Å². The average Bonchev–Trinajstić information content (AvgIpc) is 2.69. The molecule has 0 radical (unpaired) electrons. The zero-order chi connectivity index (χ0) is 18.4. The van der Waals surface area contributed by atoms with E-state index in [0.717, 1.165) is 30.8 Å². The maximum Gasteiger partial charge on any atom is 0.240 e. The van der Waals surface area contributed by atoms with Crippen molar-refractivity contribution < 1.29 is 9.59 Å². The Bertz CT molecular complexity index is 733. The van der Waals surface area contributed by atoms with Crippen LogP contribution in [0.5, 0.6) is 0 Å². The van der Waals surface area contributed by atoms with Crippen molar-refractivity contribution in [3.05, 3.63) is 60.7 Å². The molecule has 136 valence electrons. The lowest BCUT2D eigenvalue weighted by molar-refractivity contribution is -0.124. The Balaban J connectivity index is 1.55. The Morgan fingerprint density at radius 2 is 1.73 bits per heavy atom. The first-order valence-corrected chi connectivity index (χ1v) is 9.03. The Hall–Kier alpha value is -2.66. The summed E-state index contributed by atoms with van der Waals surface area (Å²) in [6.07, 6.45) is 1.78.